The number of ether oxygens (including phenoxy) is 3. The Morgan fingerprint density at radius 2 is 1.57 bits per heavy atom. The van der Waals surface area contributed by atoms with Crippen molar-refractivity contribution >= 4 is 35.3 Å². The van der Waals surface area contributed by atoms with Crippen molar-refractivity contribution in [1.82, 2.24) is 9.80 Å². The van der Waals surface area contributed by atoms with Crippen LogP contribution < -0.4 is 19.1 Å². The number of hydrogen-bond donors (Lipinski definition) is 0. The number of rotatable bonds is 8. The van der Waals surface area contributed by atoms with E-state index in [2.05, 4.69) is 4.90 Å². The molecular weight excluding hydrogens is 595 g/mol. The molecule has 2 amide bonds. The molecule has 0 atom stereocenters. The standard InChI is InChI=1S/C32H32F3N3O5S/c1-41-25-13-10-22(29(42-2)30(25)43-3)19-36-14-16-37(17-15-36)28(39)20-38-24-6-4-5-7-26(24)44-27(31(38)40)18-21-8-11-23(12-9-21)32(33,34)35/h4-13,18H,14-17,19-20H2,1-3H3. The molecule has 8 nitrogen and oxygen atoms in total. The molecule has 12 heteroatoms. The fraction of sp³-hybridized carbons (Fsp3) is 0.312. The number of anilines is 1. The van der Waals surface area contributed by atoms with Gasteiger partial charge in [0.25, 0.3) is 5.91 Å². The van der Waals surface area contributed by atoms with E-state index in [1.54, 1.807) is 44.4 Å². The number of para-hydroxylation sites is 1. The van der Waals surface area contributed by atoms with Crippen LogP contribution in [0.4, 0.5) is 18.9 Å². The lowest BCUT2D eigenvalue weighted by Crippen LogP contribution is -2.52. The van der Waals surface area contributed by atoms with Crippen LogP contribution in [0, 0.1) is 0 Å². The van der Waals surface area contributed by atoms with Crippen molar-refractivity contribution in [3.8, 4) is 17.2 Å². The van der Waals surface area contributed by atoms with Crippen LogP contribution >= 0.6 is 11.8 Å². The van der Waals surface area contributed by atoms with Gasteiger partial charge in [-0.15, -0.1) is 0 Å². The lowest BCUT2D eigenvalue weighted by Gasteiger charge is -2.37. The summed E-state index contributed by atoms with van der Waals surface area (Å²) >= 11 is 1.23. The minimum Gasteiger partial charge on any atom is -0.493 e. The average Bonchev–Trinajstić information content (AvgIpc) is 3.02. The molecule has 2 aliphatic heterocycles. The number of methoxy groups -OCH3 is 3. The lowest BCUT2D eigenvalue weighted by molar-refractivity contribution is -0.137. The highest BCUT2D eigenvalue weighted by Crippen LogP contribution is 2.43. The van der Waals surface area contributed by atoms with Gasteiger partial charge in [0.2, 0.25) is 11.7 Å². The van der Waals surface area contributed by atoms with Crippen LogP contribution in [0.5, 0.6) is 17.2 Å². The first-order valence-electron chi connectivity index (χ1n) is 13.9. The quantitative estimate of drug-likeness (QED) is 0.303. The average molecular weight is 628 g/mol. The summed E-state index contributed by atoms with van der Waals surface area (Å²) in [4.78, 5) is 33.6. The van der Waals surface area contributed by atoms with Crippen molar-refractivity contribution in [2.24, 2.45) is 0 Å². The molecule has 2 heterocycles. The summed E-state index contributed by atoms with van der Waals surface area (Å²) in [6, 6.07) is 15.7. The molecule has 232 valence electrons. The van der Waals surface area contributed by atoms with E-state index in [0.717, 1.165) is 22.6 Å². The second-order valence-electron chi connectivity index (χ2n) is 10.2. The summed E-state index contributed by atoms with van der Waals surface area (Å²) in [7, 11) is 4.71. The Labute approximate surface area is 258 Å². The fourth-order valence-electron chi connectivity index (χ4n) is 5.26. The molecule has 1 fully saturated rings. The van der Waals surface area contributed by atoms with Crippen LogP contribution in [-0.4, -0.2) is 75.7 Å². The van der Waals surface area contributed by atoms with E-state index < -0.39 is 11.7 Å². The maximum atomic E-state index is 13.6. The molecule has 0 N–H and O–H groups in total. The number of thioether (sulfide) groups is 1. The SMILES string of the molecule is COc1ccc(CN2CCN(C(=O)CN3C(=O)C(=Cc4ccc(C(F)(F)F)cc4)Sc4ccccc43)CC2)c(OC)c1OC. The van der Waals surface area contributed by atoms with Gasteiger partial charge in [-0.2, -0.15) is 13.2 Å². The number of benzene rings is 3. The molecule has 3 aromatic carbocycles. The second kappa shape index (κ2) is 13.2. The molecule has 44 heavy (non-hydrogen) atoms. The number of halogens is 3. The number of amides is 2. The Morgan fingerprint density at radius 3 is 2.20 bits per heavy atom. The summed E-state index contributed by atoms with van der Waals surface area (Å²) in [5.41, 5.74) is 1.26. The number of alkyl halides is 3. The molecule has 0 radical (unpaired) electrons. The van der Waals surface area contributed by atoms with E-state index in [-0.39, 0.29) is 18.4 Å². The minimum absolute atomic E-state index is 0.149. The lowest BCUT2D eigenvalue weighted by atomic mass is 10.1. The van der Waals surface area contributed by atoms with Gasteiger partial charge in [0.15, 0.2) is 11.5 Å². The third-order valence-electron chi connectivity index (χ3n) is 7.57. The molecular formula is C32H32F3N3O5S. The third kappa shape index (κ3) is 6.66. The Kier molecular flexibility index (Phi) is 9.40. The number of nitrogens with zero attached hydrogens (tertiary/aromatic N) is 3. The van der Waals surface area contributed by atoms with E-state index in [9.17, 15) is 22.8 Å². The van der Waals surface area contributed by atoms with Crippen molar-refractivity contribution in [2.75, 3.05) is 59.0 Å². The van der Waals surface area contributed by atoms with Gasteiger partial charge in [-0.25, -0.2) is 0 Å². The summed E-state index contributed by atoms with van der Waals surface area (Å²) in [5.74, 6) is 1.15. The Hall–Kier alpha value is -4.16. The Morgan fingerprint density at radius 1 is 0.886 bits per heavy atom. The van der Waals surface area contributed by atoms with Crippen LogP contribution in [-0.2, 0) is 22.3 Å². The smallest absolute Gasteiger partial charge is 0.416 e. The van der Waals surface area contributed by atoms with Crippen LogP contribution in [0.25, 0.3) is 6.08 Å². The first-order chi connectivity index (χ1) is 21.1. The van der Waals surface area contributed by atoms with Gasteiger partial charge in [0.1, 0.15) is 6.54 Å². The highest BCUT2D eigenvalue weighted by molar-refractivity contribution is 8.04. The molecule has 1 saturated heterocycles. The maximum absolute atomic E-state index is 13.6. The van der Waals surface area contributed by atoms with Crippen LogP contribution in [0.2, 0.25) is 0 Å². The van der Waals surface area contributed by atoms with E-state index in [4.69, 9.17) is 14.2 Å². The number of hydrogen-bond acceptors (Lipinski definition) is 7. The molecule has 0 spiro atoms. The highest BCUT2D eigenvalue weighted by atomic mass is 32.2. The van der Waals surface area contributed by atoms with Crippen molar-refractivity contribution < 1.29 is 37.0 Å². The van der Waals surface area contributed by atoms with Gasteiger partial charge < -0.3 is 19.1 Å². The van der Waals surface area contributed by atoms with Crippen LogP contribution in [0.1, 0.15) is 16.7 Å². The number of piperazine rings is 1. The van der Waals surface area contributed by atoms with Gasteiger partial charge in [-0.05, 0) is 42.0 Å². The molecule has 0 unspecified atom stereocenters. The van der Waals surface area contributed by atoms with E-state index in [1.807, 2.05) is 24.3 Å². The molecule has 0 aliphatic carbocycles. The van der Waals surface area contributed by atoms with Crippen LogP contribution in [0.3, 0.4) is 0 Å². The molecule has 0 aromatic heterocycles. The minimum atomic E-state index is -4.45. The van der Waals surface area contributed by atoms with Crippen molar-refractivity contribution in [3.63, 3.8) is 0 Å². The van der Waals surface area contributed by atoms with Crippen molar-refractivity contribution in [2.45, 2.75) is 17.6 Å². The fourth-order valence-corrected chi connectivity index (χ4v) is 6.32. The van der Waals surface area contributed by atoms with Gasteiger partial charge in [0.05, 0.1) is 37.5 Å². The molecule has 0 bridgehead atoms. The molecule has 3 aromatic rings. The molecule has 0 saturated carbocycles. The van der Waals surface area contributed by atoms with Gasteiger partial charge in [0, 0.05) is 43.2 Å². The van der Waals surface area contributed by atoms with Gasteiger partial charge in [-0.3, -0.25) is 19.4 Å². The first-order valence-corrected chi connectivity index (χ1v) is 14.7. The number of carbonyl (C=O) groups is 2. The number of carbonyl (C=O) groups excluding carboxylic acids is 2. The molecule has 2 aliphatic rings. The normalized spacial score (nSPS) is 16.6. The van der Waals surface area contributed by atoms with E-state index >= 15 is 0 Å². The zero-order valence-electron chi connectivity index (χ0n) is 24.5. The predicted octanol–water partition coefficient (Wildman–Crippen LogP) is 5.56. The van der Waals surface area contributed by atoms with E-state index in [1.165, 1.54) is 28.8 Å². The van der Waals surface area contributed by atoms with E-state index in [0.29, 0.717) is 66.1 Å². The predicted molar refractivity (Wildman–Crippen MR) is 162 cm³/mol. The van der Waals surface area contributed by atoms with Crippen LogP contribution in [0.15, 0.2) is 70.5 Å². The Bertz CT molecular complexity index is 1550. The topological polar surface area (TPSA) is 71.6 Å². The summed E-state index contributed by atoms with van der Waals surface area (Å²) in [6.07, 6.45) is -2.89. The first kappa shape index (κ1) is 31.3. The number of fused-ring (bicyclic) bond motifs is 1. The summed E-state index contributed by atoms with van der Waals surface area (Å²) in [5, 5.41) is 0. The van der Waals surface area contributed by atoms with Gasteiger partial charge in [-0.1, -0.05) is 42.1 Å². The van der Waals surface area contributed by atoms with Crippen molar-refractivity contribution in [3.05, 3.63) is 82.3 Å². The summed E-state index contributed by atoms with van der Waals surface area (Å²) in [6.45, 7) is 2.68. The van der Waals surface area contributed by atoms with Gasteiger partial charge >= 0.3 is 6.18 Å². The zero-order chi connectivity index (χ0) is 31.4. The monoisotopic (exact) mass is 627 g/mol. The Balaban J connectivity index is 1.26. The summed E-state index contributed by atoms with van der Waals surface area (Å²) < 4.78 is 55.5. The highest BCUT2D eigenvalue weighted by Gasteiger charge is 2.33. The second-order valence-corrected chi connectivity index (χ2v) is 11.3. The maximum Gasteiger partial charge on any atom is 0.416 e. The third-order valence-corrected chi connectivity index (χ3v) is 8.64. The molecule has 5 rings (SSSR count). The van der Waals surface area contributed by atoms with Crippen molar-refractivity contribution in [1.29, 1.82) is 0 Å². The largest absolute Gasteiger partial charge is 0.493 e. The zero-order valence-corrected chi connectivity index (χ0v) is 25.3.